The van der Waals surface area contributed by atoms with Crippen LogP contribution >= 0.6 is 46.1 Å². The predicted octanol–water partition coefficient (Wildman–Crippen LogP) is 5.86. The number of halogens is 6. The third kappa shape index (κ3) is 5.59. The van der Waals surface area contributed by atoms with Gasteiger partial charge in [-0.25, -0.2) is 0 Å². The van der Waals surface area contributed by atoms with Crippen LogP contribution in [0.4, 0.5) is 13.2 Å². The van der Waals surface area contributed by atoms with Crippen LogP contribution in [-0.2, 0) is 27.9 Å². The molecule has 3 aromatic heterocycles. The summed E-state index contributed by atoms with van der Waals surface area (Å²) in [6.45, 7) is 0.472. The van der Waals surface area contributed by atoms with E-state index in [1.807, 2.05) is 17.5 Å². The molecule has 2 N–H and O–H groups in total. The number of thiophene rings is 1. The van der Waals surface area contributed by atoms with Gasteiger partial charge in [-0.1, -0.05) is 53.0 Å². The summed E-state index contributed by atoms with van der Waals surface area (Å²) < 4.78 is 42.7. The standard InChI is InChI=1S/C21H16Cl3F3N4O2S/c22-20(23,24)18-17(15-2-1-7-34-15)19-29-14(8-16(32)31(19)30-18)9-28-11-33-10-12-3-5-13(6-4-12)21(25,26)27/h1-8,28-29H,9-11H2. The van der Waals surface area contributed by atoms with Gasteiger partial charge < -0.3 is 9.72 Å². The van der Waals surface area contributed by atoms with Crippen molar-refractivity contribution in [1.29, 1.82) is 0 Å². The van der Waals surface area contributed by atoms with E-state index in [-0.39, 0.29) is 25.6 Å². The van der Waals surface area contributed by atoms with Gasteiger partial charge in [-0.3, -0.25) is 10.1 Å². The number of aromatic amines is 1. The molecule has 0 saturated heterocycles. The van der Waals surface area contributed by atoms with E-state index in [4.69, 9.17) is 39.5 Å². The molecule has 0 radical (unpaired) electrons. The van der Waals surface area contributed by atoms with Gasteiger partial charge in [0.1, 0.15) is 11.3 Å². The summed E-state index contributed by atoms with van der Waals surface area (Å²) in [7, 11) is 0. The maximum Gasteiger partial charge on any atom is 0.416 e. The summed E-state index contributed by atoms with van der Waals surface area (Å²) in [5, 5.41) is 9.09. The smallest absolute Gasteiger partial charge is 0.362 e. The number of nitrogens with one attached hydrogen (secondary N) is 2. The predicted molar refractivity (Wildman–Crippen MR) is 126 cm³/mol. The van der Waals surface area contributed by atoms with Crippen LogP contribution in [0.5, 0.6) is 0 Å². The Morgan fingerprint density at radius 1 is 1.15 bits per heavy atom. The minimum absolute atomic E-state index is 0.102. The van der Waals surface area contributed by atoms with E-state index in [0.717, 1.165) is 21.5 Å². The number of aromatic nitrogens is 3. The van der Waals surface area contributed by atoms with Gasteiger partial charge in [-0.05, 0) is 29.1 Å². The maximum atomic E-state index is 12.6. The van der Waals surface area contributed by atoms with Gasteiger partial charge in [0, 0.05) is 23.2 Å². The van der Waals surface area contributed by atoms with Crippen molar-refractivity contribution in [2.75, 3.05) is 6.73 Å². The zero-order chi connectivity index (χ0) is 24.5. The molecule has 34 heavy (non-hydrogen) atoms. The zero-order valence-electron chi connectivity index (χ0n) is 17.1. The van der Waals surface area contributed by atoms with Crippen molar-refractivity contribution < 1.29 is 17.9 Å². The number of benzene rings is 1. The van der Waals surface area contributed by atoms with Crippen LogP contribution < -0.4 is 10.9 Å². The second kappa shape index (κ2) is 9.88. The normalized spacial score (nSPS) is 12.5. The minimum Gasteiger partial charge on any atom is -0.362 e. The van der Waals surface area contributed by atoms with Gasteiger partial charge in [-0.15, -0.1) is 11.3 Å². The molecule has 0 aliphatic rings. The summed E-state index contributed by atoms with van der Waals surface area (Å²) in [4.78, 5) is 16.6. The number of rotatable bonds is 7. The molecule has 0 spiro atoms. The molecule has 0 aliphatic carbocycles. The number of H-pyrrole nitrogens is 1. The van der Waals surface area contributed by atoms with Crippen molar-refractivity contribution in [3.63, 3.8) is 0 Å². The largest absolute Gasteiger partial charge is 0.416 e. The number of fused-ring (bicyclic) bond motifs is 1. The monoisotopic (exact) mass is 550 g/mol. The molecule has 3 heterocycles. The Balaban J connectivity index is 1.45. The first kappa shape index (κ1) is 25.0. The first-order valence-corrected chi connectivity index (χ1v) is 11.8. The fraction of sp³-hybridized carbons (Fsp3) is 0.238. The van der Waals surface area contributed by atoms with Crippen LogP contribution in [0.1, 0.15) is 22.5 Å². The highest BCUT2D eigenvalue weighted by Crippen LogP contribution is 2.44. The SMILES string of the molecule is O=c1cc(CNCOCc2ccc(C(F)(F)F)cc2)[nH]c2c(-c3cccs3)c(C(Cl)(Cl)Cl)nn12. The van der Waals surface area contributed by atoms with Crippen LogP contribution in [0.15, 0.2) is 52.6 Å². The Labute approximate surface area is 210 Å². The van der Waals surface area contributed by atoms with E-state index < -0.39 is 21.1 Å². The minimum atomic E-state index is -4.38. The van der Waals surface area contributed by atoms with Crippen LogP contribution in [0, 0.1) is 0 Å². The van der Waals surface area contributed by atoms with Crippen LogP contribution in [0.2, 0.25) is 0 Å². The fourth-order valence-corrected chi connectivity index (χ4v) is 4.42. The van der Waals surface area contributed by atoms with E-state index in [2.05, 4.69) is 15.4 Å². The summed E-state index contributed by atoms with van der Waals surface area (Å²) in [6.07, 6.45) is -4.38. The molecule has 1 aromatic carbocycles. The van der Waals surface area contributed by atoms with E-state index >= 15 is 0 Å². The average molecular weight is 552 g/mol. The summed E-state index contributed by atoms with van der Waals surface area (Å²) in [5.41, 5.74) is 1.07. The highest BCUT2D eigenvalue weighted by atomic mass is 35.6. The van der Waals surface area contributed by atoms with Gasteiger partial charge in [0.2, 0.25) is 3.79 Å². The molecule has 0 amide bonds. The van der Waals surface area contributed by atoms with Gasteiger partial charge in [0.15, 0.2) is 0 Å². The fourth-order valence-electron chi connectivity index (χ4n) is 3.26. The van der Waals surface area contributed by atoms with Crippen molar-refractivity contribution in [3.8, 4) is 10.4 Å². The number of alkyl halides is 6. The molecule has 0 fully saturated rings. The number of ether oxygens (including phenoxy) is 1. The van der Waals surface area contributed by atoms with Gasteiger partial charge in [0.25, 0.3) is 5.56 Å². The van der Waals surface area contributed by atoms with Gasteiger partial charge >= 0.3 is 6.18 Å². The highest BCUT2D eigenvalue weighted by Gasteiger charge is 2.33. The Morgan fingerprint density at radius 3 is 2.50 bits per heavy atom. The summed E-state index contributed by atoms with van der Waals surface area (Å²) >= 11 is 19.7. The summed E-state index contributed by atoms with van der Waals surface area (Å²) in [6, 6.07) is 9.78. The third-order valence-electron chi connectivity index (χ3n) is 4.78. The van der Waals surface area contributed by atoms with Gasteiger partial charge in [0.05, 0.1) is 24.5 Å². The number of nitrogens with zero attached hydrogens (tertiary/aromatic N) is 2. The molecule has 0 atom stereocenters. The molecule has 0 bridgehead atoms. The van der Waals surface area contributed by atoms with Crippen LogP contribution in [-0.4, -0.2) is 21.3 Å². The van der Waals surface area contributed by atoms with Crippen LogP contribution in [0.25, 0.3) is 16.1 Å². The van der Waals surface area contributed by atoms with E-state index in [0.29, 0.717) is 22.5 Å². The Kier molecular flexibility index (Phi) is 7.28. The van der Waals surface area contributed by atoms with Gasteiger partial charge in [-0.2, -0.15) is 22.8 Å². The molecule has 13 heteroatoms. The van der Waals surface area contributed by atoms with Crippen molar-refractivity contribution in [1.82, 2.24) is 19.9 Å². The molecule has 4 rings (SSSR count). The summed E-state index contributed by atoms with van der Waals surface area (Å²) in [5.74, 6) is 0. The van der Waals surface area contributed by atoms with Crippen molar-refractivity contribution in [2.45, 2.75) is 23.1 Å². The number of hydrogen-bond donors (Lipinski definition) is 2. The van der Waals surface area contributed by atoms with Crippen LogP contribution in [0.3, 0.4) is 0 Å². The molecule has 6 nitrogen and oxygen atoms in total. The molecule has 0 aliphatic heterocycles. The lowest BCUT2D eigenvalue weighted by Gasteiger charge is -2.10. The first-order valence-electron chi connectivity index (χ1n) is 9.74. The first-order chi connectivity index (χ1) is 16.0. The quantitative estimate of drug-likeness (QED) is 0.171. The Hall–Kier alpha value is -2.08. The van der Waals surface area contributed by atoms with E-state index in [1.54, 1.807) is 0 Å². The average Bonchev–Trinajstić information content (AvgIpc) is 3.40. The lowest BCUT2D eigenvalue weighted by molar-refractivity contribution is -0.137. The topological polar surface area (TPSA) is 71.4 Å². The lowest BCUT2D eigenvalue weighted by Crippen LogP contribution is -2.22. The number of hydrogen-bond acceptors (Lipinski definition) is 5. The van der Waals surface area contributed by atoms with E-state index in [1.165, 1.54) is 29.5 Å². The van der Waals surface area contributed by atoms with E-state index in [9.17, 15) is 18.0 Å². The molecule has 180 valence electrons. The molecular weight excluding hydrogens is 536 g/mol. The lowest BCUT2D eigenvalue weighted by atomic mass is 10.1. The van der Waals surface area contributed by atoms with Crippen molar-refractivity contribution >= 4 is 51.8 Å². The zero-order valence-corrected chi connectivity index (χ0v) is 20.2. The molecular formula is C21H16Cl3F3N4O2S. The Morgan fingerprint density at radius 2 is 1.88 bits per heavy atom. The molecule has 4 aromatic rings. The Bertz CT molecular complexity index is 1330. The second-order valence-electron chi connectivity index (χ2n) is 7.21. The highest BCUT2D eigenvalue weighted by molar-refractivity contribution is 7.13. The molecule has 0 unspecified atom stereocenters. The maximum absolute atomic E-state index is 12.6. The van der Waals surface area contributed by atoms with Crippen molar-refractivity contribution in [2.24, 2.45) is 0 Å². The second-order valence-corrected chi connectivity index (χ2v) is 10.4. The van der Waals surface area contributed by atoms with Crippen molar-refractivity contribution in [3.05, 3.63) is 80.7 Å². The third-order valence-corrected chi connectivity index (χ3v) is 6.20. The molecule has 0 saturated carbocycles.